The topological polar surface area (TPSA) is 66.9 Å². The molecule has 0 aliphatic carbocycles. The summed E-state index contributed by atoms with van der Waals surface area (Å²) in [5.74, 6) is -2.34. The Morgan fingerprint density at radius 2 is 1.81 bits per heavy atom. The first-order valence-corrected chi connectivity index (χ1v) is 6.21. The van der Waals surface area contributed by atoms with E-state index < -0.39 is 23.7 Å². The largest absolute Gasteiger partial charge is 0.489 e. The van der Waals surface area contributed by atoms with Crippen molar-refractivity contribution in [3.63, 3.8) is 0 Å². The average molecular weight is 292 g/mol. The van der Waals surface area contributed by atoms with Crippen molar-refractivity contribution in [2.45, 2.75) is 0 Å². The number of ether oxygens (including phenoxy) is 1. The second-order valence-corrected chi connectivity index (χ2v) is 4.22. The van der Waals surface area contributed by atoms with Gasteiger partial charge in [-0.1, -0.05) is 18.2 Å². The Hall–Kier alpha value is -2.70. The van der Waals surface area contributed by atoms with Gasteiger partial charge in [0.25, 0.3) is 0 Å². The summed E-state index contributed by atoms with van der Waals surface area (Å²) in [7, 11) is 0. The van der Waals surface area contributed by atoms with Crippen molar-refractivity contribution in [1.82, 2.24) is 9.80 Å². The van der Waals surface area contributed by atoms with Crippen molar-refractivity contribution in [3.05, 3.63) is 42.7 Å². The lowest BCUT2D eigenvalue weighted by Gasteiger charge is -2.14. The summed E-state index contributed by atoms with van der Waals surface area (Å²) in [4.78, 5) is 36.6. The van der Waals surface area contributed by atoms with Gasteiger partial charge in [-0.3, -0.25) is 19.4 Å². The number of para-hydroxylation sites is 1. The summed E-state index contributed by atoms with van der Waals surface area (Å²) in [6.07, 6.45) is 1.35. The van der Waals surface area contributed by atoms with E-state index in [4.69, 9.17) is 4.74 Å². The van der Waals surface area contributed by atoms with Gasteiger partial charge in [0.1, 0.15) is 6.61 Å². The van der Waals surface area contributed by atoms with E-state index in [1.54, 1.807) is 6.07 Å². The molecule has 1 aromatic carbocycles. The lowest BCUT2D eigenvalue weighted by Crippen LogP contribution is -2.36. The second-order valence-electron chi connectivity index (χ2n) is 4.22. The monoisotopic (exact) mass is 292 g/mol. The summed E-state index contributed by atoms with van der Waals surface area (Å²) in [5.41, 5.74) is 0. The number of carbonyl (C=O) groups is 3. The van der Waals surface area contributed by atoms with Gasteiger partial charge in [0.15, 0.2) is 11.6 Å². The van der Waals surface area contributed by atoms with Crippen molar-refractivity contribution >= 4 is 17.8 Å². The van der Waals surface area contributed by atoms with Crippen LogP contribution in [0.4, 0.5) is 9.18 Å². The molecular formula is C14H13FN2O4. The van der Waals surface area contributed by atoms with Crippen molar-refractivity contribution in [1.29, 1.82) is 0 Å². The van der Waals surface area contributed by atoms with Crippen molar-refractivity contribution in [2.24, 2.45) is 0 Å². The third-order valence-corrected chi connectivity index (χ3v) is 2.86. The Bertz CT molecular complexity index is 602. The molecule has 1 saturated heterocycles. The molecule has 4 amide bonds. The van der Waals surface area contributed by atoms with E-state index in [1.807, 2.05) is 0 Å². The standard InChI is InChI=1S/C14H13FN2O4/c1-2-7-16-12(18)13(19)17(14(16)20)8-9-21-11-6-4-3-5-10(11)15/h2-6H,1,7-9H2. The van der Waals surface area contributed by atoms with Gasteiger partial charge in [-0.05, 0) is 12.1 Å². The number of hydrogen-bond acceptors (Lipinski definition) is 4. The molecule has 110 valence electrons. The van der Waals surface area contributed by atoms with Crippen LogP contribution < -0.4 is 4.74 Å². The summed E-state index contributed by atoms with van der Waals surface area (Å²) in [6.45, 7) is 3.14. The number of hydrogen-bond donors (Lipinski definition) is 0. The first-order chi connectivity index (χ1) is 10.1. The van der Waals surface area contributed by atoms with Gasteiger partial charge in [-0.25, -0.2) is 9.18 Å². The maximum atomic E-state index is 13.3. The molecule has 0 N–H and O–H groups in total. The minimum atomic E-state index is -0.918. The highest BCUT2D eigenvalue weighted by Gasteiger charge is 2.43. The van der Waals surface area contributed by atoms with Crippen molar-refractivity contribution in [3.8, 4) is 5.75 Å². The Balaban J connectivity index is 1.96. The normalized spacial score (nSPS) is 14.8. The molecule has 0 atom stereocenters. The molecule has 0 spiro atoms. The molecule has 1 aliphatic rings. The third-order valence-electron chi connectivity index (χ3n) is 2.86. The lowest BCUT2D eigenvalue weighted by atomic mass is 10.3. The Kier molecular flexibility index (Phi) is 4.32. The van der Waals surface area contributed by atoms with Crippen LogP contribution in [0.3, 0.4) is 0 Å². The number of imide groups is 2. The van der Waals surface area contributed by atoms with E-state index in [1.165, 1.54) is 24.3 Å². The zero-order valence-corrected chi connectivity index (χ0v) is 11.1. The Labute approximate surface area is 120 Å². The molecule has 7 heteroatoms. The molecule has 0 unspecified atom stereocenters. The van der Waals surface area contributed by atoms with Gasteiger partial charge in [-0.2, -0.15) is 0 Å². The highest BCUT2D eigenvalue weighted by molar-refractivity contribution is 6.44. The average Bonchev–Trinajstić information content (AvgIpc) is 2.67. The van der Waals surface area contributed by atoms with Crippen LogP contribution in [0.15, 0.2) is 36.9 Å². The molecule has 0 aromatic heterocycles. The van der Waals surface area contributed by atoms with Crippen molar-refractivity contribution < 1.29 is 23.5 Å². The Morgan fingerprint density at radius 3 is 2.48 bits per heavy atom. The van der Waals surface area contributed by atoms with Crippen LogP contribution in [0.25, 0.3) is 0 Å². The van der Waals surface area contributed by atoms with E-state index in [0.717, 1.165) is 9.80 Å². The maximum absolute atomic E-state index is 13.3. The summed E-state index contributed by atoms with van der Waals surface area (Å²) in [5, 5.41) is 0. The fraction of sp³-hybridized carbons (Fsp3) is 0.214. The lowest BCUT2D eigenvalue weighted by molar-refractivity contribution is -0.143. The number of halogens is 1. The molecule has 21 heavy (non-hydrogen) atoms. The highest BCUT2D eigenvalue weighted by atomic mass is 19.1. The zero-order chi connectivity index (χ0) is 15.4. The summed E-state index contributed by atoms with van der Waals surface area (Å²) in [6, 6.07) is 5.05. The number of urea groups is 1. The molecule has 2 rings (SSSR count). The molecule has 1 aliphatic heterocycles. The molecule has 0 radical (unpaired) electrons. The van der Waals surface area contributed by atoms with Gasteiger partial charge in [-0.15, -0.1) is 6.58 Å². The minimum Gasteiger partial charge on any atom is -0.489 e. The van der Waals surface area contributed by atoms with E-state index >= 15 is 0 Å². The van der Waals surface area contributed by atoms with E-state index in [0.29, 0.717) is 0 Å². The van der Waals surface area contributed by atoms with Crippen LogP contribution in [-0.2, 0) is 9.59 Å². The van der Waals surface area contributed by atoms with Gasteiger partial charge in [0, 0.05) is 6.54 Å². The highest BCUT2D eigenvalue weighted by Crippen LogP contribution is 2.16. The van der Waals surface area contributed by atoms with Gasteiger partial charge < -0.3 is 4.74 Å². The van der Waals surface area contributed by atoms with Crippen LogP contribution in [0, 0.1) is 5.82 Å². The number of rotatable bonds is 6. The predicted molar refractivity (Wildman–Crippen MR) is 70.9 cm³/mol. The predicted octanol–water partition coefficient (Wildman–Crippen LogP) is 1.18. The van der Waals surface area contributed by atoms with Crippen molar-refractivity contribution in [2.75, 3.05) is 19.7 Å². The summed E-state index contributed by atoms with van der Waals surface area (Å²) < 4.78 is 18.5. The van der Waals surface area contributed by atoms with Crippen LogP contribution in [0.2, 0.25) is 0 Å². The fourth-order valence-electron chi connectivity index (χ4n) is 1.85. The second kappa shape index (κ2) is 6.17. The quantitative estimate of drug-likeness (QED) is 0.448. The van der Waals surface area contributed by atoms with Gasteiger partial charge in [0.05, 0.1) is 6.54 Å². The number of benzene rings is 1. The number of carbonyl (C=O) groups excluding carboxylic acids is 3. The molecule has 1 heterocycles. The fourth-order valence-corrected chi connectivity index (χ4v) is 1.85. The van der Waals surface area contributed by atoms with Crippen LogP contribution in [0.5, 0.6) is 5.75 Å². The van der Waals surface area contributed by atoms with Crippen LogP contribution in [0.1, 0.15) is 0 Å². The third kappa shape index (κ3) is 2.91. The molecule has 1 aromatic rings. The first kappa shape index (κ1) is 14.7. The smallest absolute Gasteiger partial charge is 0.334 e. The molecule has 0 saturated carbocycles. The van der Waals surface area contributed by atoms with Gasteiger partial charge in [0.2, 0.25) is 0 Å². The molecule has 0 bridgehead atoms. The van der Waals surface area contributed by atoms with Crippen LogP contribution >= 0.6 is 0 Å². The molecule has 1 fully saturated rings. The van der Waals surface area contributed by atoms with E-state index in [-0.39, 0.29) is 25.4 Å². The van der Waals surface area contributed by atoms with Crippen LogP contribution in [-0.4, -0.2) is 47.3 Å². The first-order valence-electron chi connectivity index (χ1n) is 6.21. The molecular weight excluding hydrogens is 279 g/mol. The SMILES string of the molecule is C=CCN1C(=O)C(=O)N(CCOc2ccccc2F)C1=O. The molecule has 6 nitrogen and oxygen atoms in total. The van der Waals surface area contributed by atoms with E-state index in [2.05, 4.69) is 6.58 Å². The zero-order valence-electron chi connectivity index (χ0n) is 11.1. The summed E-state index contributed by atoms with van der Waals surface area (Å²) >= 11 is 0. The Morgan fingerprint density at radius 1 is 1.14 bits per heavy atom. The minimum absolute atomic E-state index is 0.0193. The maximum Gasteiger partial charge on any atom is 0.334 e. The van der Waals surface area contributed by atoms with Gasteiger partial charge >= 0.3 is 17.8 Å². The number of nitrogens with zero attached hydrogens (tertiary/aromatic N) is 2. The number of amides is 4. The van der Waals surface area contributed by atoms with E-state index in [9.17, 15) is 18.8 Å².